The van der Waals surface area contributed by atoms with Crippen LogP contribution in [0.4, 0.5) is 0 Å². The third-order valence-corrected chi connectivity index (χ3v) is 9.91. The Kier molecular flexibility index (Phi) is 8.34. The van der Waals surface area contributed by atoms with Crippen LogP contribution in [0, 0.1) is 26.7 Å². The molecule has 10 heteroatoms. The highest BCUT2D eigenvalue weighted by atomic mass is 35.5. The first kappa shape index (κ1) is 26.8. The van der Waals surface area contributed by atoms with E-state index in [-0.39, 0.29) is 17.3 Å². The minimum absolute atomic E-state index is 0.0855. The first-order valence-corrected chi connectivity index (χ1v) is 15.0. The summed E-state index contributed by atoms with van der Waals surface area (Å²) in [4.78, 5) is 24.3. The smallest absolute Gasteiger partial charge is 0.220 e. The standard InChI is InChI=1S/C27H40ClN7OS/c1-17-18(2)37-27-24(17)25(20-7-9-21(28)10-8-20)30-22(26-32-31-19(3)35(26)27)16-29-23(36)6-5-11-34-14-12-33(4)13-15-34/h20-22H,5-16H2,1-4H3,(H,29,36). The highest BCUT2D eigenvalue weighted by Crippen LogP contribution is 2.41. The number of likely N-dealkylation sites (N-methyl/N-ethyl adjacent to an activating group) is 1. The summed E-state index contributed by atoms with van der Waals surface area (Å²) in [5.41, 5.74) is 3.70. The maximum Gasteiger partial charge on any atom is 0.220 e. The van der Waals surface area contributed by atoms with Gasteiger partial charge in [-0.3, -0.25) is 14.4 Å². The summed E-state index contributed by atoms with van der Waals surface area (Å²) in [5, 5.41) is 13.6. The quantitative estimate of drug-likeness (QED) is 0.531. The van der Waals surface area contributed by atoms with Gasteiger partial charge in [-0.15, -0.1) is 33.1 Å². The number of nitrogens with zero attached hydrogens (tertiary/aromatic N) is 6. The van der Waals surface area contributed by atoms with Gasteiger partial charge in [0.1, 0.15) is 16.9 Å². The molecule has 3 aliphatic rings. The molecule has 0 radical (unpaired) electrons. The molecule has 1 unspecified atom stereocenters. The number of fused-ring (bicyclic) bond motifs is 3. The minimum atomic E-state index is -0.259. The monoisotopic (exact) mass is 545 g/mol. The Labute approximate surface area is 229 Å². The van der Waals surface area contributed by atoms with Gasteiger partial charge >= 0.3 is 0 Å². The van der Waals surface area contributed by atoms with Crippen molar-refractivity contribution in [2.75, 3.05) is 46.3 Å². The van der Waals surface area contributed by atoms with Crippen molar-refractivity contribution in [1.29, 1.82) is 0 Å². The lowest BCUT2D eigenvalue weighted by Gasteiger charge is -2.32. The molecule has 2 aromatic heterocycles. The number of carbonyl (C=O) groups is 1. The SMILES string of the molecule is Cc1sc2c(c1C)C(C1CCC(Cl)CC1)=NC(CNC(=O)CCCN1CCN(C)CC1)c1nnc(C)n1-2. The Balaban J connectivity index is 1.33. The van der Waals surface area contributed by atoms with Crippen LogP contribution in [0.3, 0.4) is 0 Å². The number of aryl methyl sites for hydroxylation is 2. The van der Waals surface area contributed by atoms with Gasteiger partial charge in [0.05, 0.1) is 0 Å². The summed E-state index contributed by atoms with van der Waals surface area (Å²) < 4.78 is 2.17. The van der Waals surface area contributed by atoms with Crippen LogP contribution in [0.2, 0.25) is 0 Å². The largest absolute Gasteiger partial charge is 0.353 e. The maximum absolute atomic E-state index is 12.8. The van der Waals surface area contributed by atoms with Crippen molar-refractivity contribution >= 4 is 34.6 Å². The number of hydrogen-bond acceptors (Lipinski definition) is 7. The zero-order chi connectivity index (χ0) is 26.1. The van der Waals surface area contributed by atoms with Crippen molar-refractivity contribution in [1.82, 2.24) is 29.9 Å². The fourth-order valence-electron chi connectivity index (χ4n) is 5.81. The van der Waals surface area contributed by atoms with Gasteiger partial charge in [-0.1, -0.05) is 0 Å². The lowest BCUT2D eigenvalue weighted by Crippen LogP contribution is -2.44. The molecule has 202 valence electrons. The number of piperazine rings is 1. The van der Waals surface area contributed by atoms with E-state index in [1.54, 1.807) is 11.3 Å². The topological polar surface area (TPSA) is 78.7 Å². The van der Waals surface area contributed by atoms with E-state index in [1.807, 2.05) is 6.92 Å². The number of nitrogens with one attached hydrogen (secondary N) is 1. The predicted octanol–water partition coefficient (Wildman–Crippen LogP) is 4.04. The number of thiophene rings is 1. The highest BCUT2D eigenvalue weighted by molar-refractivity contribution is 7.15. The van der Waals surface area contributed by atoms with Crippen molar-refractivity contribution in [3.63, 3.8) is 0 Å². The summed E-state index contributed by atoms with van der Waals surface area (Å²) in [5.74, 6) is 2.14. The van der Waals surface area contributed by atoms with Crippen LogP contribution in [-0.4, -0.2) is 87.9 Å². The number of alkyl halides is 1. The number of carbonyl (C=O) groups excluding carboxylic acids is 1. The van der Waals surface area contributed by atoms with E-state index in [4.69, 9.17) is 16.6 Å². The van der Waals surface area contributed by atoms with Gasteiger partial charge in [0.25, 0.3) is 0 Å². The van der Waals surface area contributed by atoms with Gasteiger partial charge in [-0.25, -0.2) is 0 Å². The molecule has 1 saturated heterocycles. The van der Waals surface area contributed by atoms with E-state index in [1.165, 1.54) is 26.7 Å². The summed E-state index contributed by atoms with van der Waals surface area (Å²) >= 11 is 8.26. The molecule has 5 rings (SSSR count). The Morgan fingerprint density at radius 3 is 2.54 bits per heavy atom. The number of rotatable bonds is 7. The molecule has 1 atom stereocenters. The van der Waals surface area contributed by atoms with Gasteiger partial charge in [0.15, 0.2) is 5.82 Å². The Hall–Kier alpha value is -1.81. The van der Waals surface area contributed by atoms with E-state index < -0.39 is 0 Å². The van der Waals surface area contributed by atoms with Gasteiger partial charge in [0.2, 0.25) is 5.91 Å². The van der Waals surface area contributed by atoms with Gasteiger partial charge in [-0.05, 0) is 72.0 Å². The first-order chi connectivity index (χ1) is 17.8. The average Bonchev–Trinajstić information content (AvgIpc) is 3.35. The van der Waals surface area contributed by atoms with Gasteiger partial charge in [-0.2, -0.15) is 0 Å². The fourth-order valence-corrected chi connectivity index (χ4v) is 7.28. The third kappa shape index (κ3) is 5.79. The van der Waals surface area contributed by atoms with Crippen LogP contribution in [-0.2, 0) is 4.79 Å². The molecule has 1 aliphatic carbocycles. The first-order valence-electron chi connectivity index (χ1n) is 13.7. The average molecular weight is 546 g/mol. The molecular formula is C27H40ClN7OS. The number of hydrogen-bond donors (Lipinski definition) is 1. The normalized spacial score (nSPS) is 24.8. The lowest BCUT2D eigenvalue weighted by molar-refractivity contribution is -0.121. The van der Waals surface area contributed by atoms with E-state index in [0.717, 1.165) is 76.5 Å². The van der Waals surface area contributed by atoms with Crippen molar-refractivity contribution in [2.45, 2.75) is 70.7 Å². The summed E-state index contributed by atoms with van der Waals surface area (Å²) in [6, 6.07) is -0.259. The van der Waals surface area contributed by atoms with Crippen molar-refractivity contribution in [3.05, 3.63) is 27.7 Å². The number of aliphatic imine (C=N–C) groups is 1. The minimum Gasteiger partial charge on any atom is -0.353 e. The number of amides is 1. The molecule has 2 fully saturated rings. The van der Waals surface area contributed by atoms with Crippen molar-refractivity contribution in [2.24, 2.45) is 10.9 Å². The summed E-state index contributed by atoms with van der Waals surface area (Å²) in [6.45, 7) is 12.2. The molecule has 0 bridgehead atoms. The summed E-state index contributed by atoms with van der Waals surface area (Å²) in [6.07, 6.45) is 5.54. The Morgan fingerprint density at radius 1 is 1.08 bits per heavy atom. The molecule has 1 amide bonds. The van der Waals surface area contributed by atoms with Crippen LogP contribution in [0.5, 0.6) is 0 Å². The molecule has 37 heavy (non-hydrogen) atoms. The van der Waals surface area contributed by atoms with Crippen LogP contribution >= 0.6 is 22.9 Å². The molecule has 8 nitrogen and oxygen atoms in total. The van der Waals surface area contributed by atoms with Crippen molar-refractivity contribution < 1.29 is 4.79 Å². The second kappa shape index (κ2) is 11.5. The molecule has 1 N–H and O–H groups in total. The zero-order valence-corrected chi connectivity index (χ0v) is 24.2. The van der Waals surface area contributed by atoms with Crippen LogP contribution in [0.25, 0.3) is 5.00 Å². The lowest BCUT2D eigenvalue weighted by atomic mass is 9.82. The van der Waals surface area contributed by atoms with Gasteiger partial charge in [0, 0.05) is 66.6 Å². The molecule has 2 aromatic rings. The van der Waals surface area contributed by atoms with Gasteiger partial charge < -0.3 is 15.1 Å². The molecule has 2 aliphatic heterocycles. The van der Waals surface area contributed by atoms with E-state index in [0.29, 0.717) is 18.9 Å². The van der Waals surface area contributed by atoms with E-state index >= 15 is 0 Å². The molecule has 0 spiro atoms. The third-order valence-electron chi connectivity index (χ3n) is 8.28. The second-order valence-electron chi connectivity index (χ2n) is 10.9. The predicted molar refractivity (Wildman–Crippen MR) is 151 cm³/mol. The highest BCUT2D eigenvalue weighted by Gasteiger charge is 2.35. The second-order valence-corrected chi connectivity index (χ2v) is 12.8. The number of aromatic nitrogens is 3. The van der Waals surface area contributed by atoms with E-state index in [9.17, 15) is 4.79 Å². The van der Waals surface area contributed by atoms with Crippen LogP contribution in [0.15, 0.2) is 4.99 Å². The van der Waals surface area contributed by atoms with Crippen LogP contribution < -0.4 is 5.32 Å². The fraction of sp³-hybridized carbons (Fsp3) is 0.704. The van der Waals surface area contributed by atoms with E-state index in [2.05, 4.69) is 50.8 Å². The van der Waals surface area contributed by atoms with Crippen molar-refractivity contribution in [3.8, 4) is 5.00 Å². The Morgan fingerprint density at radius 2 is 1.81 bits per heavy atom. The maximum atomic E-state index is 12.8. The molecular weight excluding hydrogens is 506 g/mol. The molecule has 4 heterocycles. The molecule has 0 aromatic carbocycles. The molecule has 1 saturated carbocycles. The number of halogens is 1. The van der Waals surface area contributed by atoms with Crippen LogP contribution in [0.1, 0.15) is 72.2 Å². The zero-order valence-electron chi connectivity index (χ0n) is 22.6. The Bertz CT molecular complexity index is 1140. The summed E-state index contributed by atoms with van der Waals surface area (Å²) in [7, 11) is 2.17.